The molecular formula is C17H20N2O3. The lowest BCUT2D eigenvalue weighted by molar-refractivity contribution is 0.0694. The normalized spacial score (nSPS) is 10.9. The molecule has 2 aromatic rings. The Kier molecular flexibility index (Phi) is 5.61. The van der Waals surface area contributed by atoms with E-state index < -0.39 is 5.97 Å². The molecule has 0 aliphatic heterocycles. The molecule has 0 radical (unpaired) electrons. The first-order valence-corrected chi connectivity index (χ1v) is 7.28. The number of hydrogen-bond donors (Lipinski definition) is 1. The average Bonchev–Trinajstić information content (AvgIpc) is 2.52. The van der Waals surface area contributed by atoms with Crippen LogP contribution in [-0.4, -0.2) is 27.7 Å². The fourth-order valence-electron chi connectivity index (χ4n) is 2.09. The molecule has 5 heteroatoms. The maximum Gasteiger partial charge on any atom is 0.339 e. The summed E-state index contributed by atoms with van der Waals surface area (Å²) in [5.41, 5.74) is 1.86. The SMILES string of the molecule is CC(C)c1nc(CCOCc2ccccc2)ncc1C(=O)O. The second kappa shape index (κ2) is 7.66. The highest BCUT2D eigenvalue weighted by Crippen LogP contribution is 2.16. The van der Waals surface area contributed by atoms with Crippen molar-refractivity contribution in [3.63, 3.8) is 0 Å². The van der Waals surface area contributed by atoms with E-state index in [2.05, 4.69) is 9.97 Å². The lowest BCUT2D eigenvalue weighted by atomic mass is 10.1. The van der Waals surface area contributed by atoms with Crippen LogP contribution in [0.2, 0.25) is 0 Å². The molecule has 1 heterocycles. The Morgan fingerprint density at radius 3 is 2.64 bits per heavy atom. The number of rotatable bonds is 7. The van der Waals surface area contributed by atoms with Crippen molar-refractivity contribution in [2.75, 3.05) is 6.61 Å². The topological polar surface area (TPSA) is 72.3 Å². The van der Waals surface area contributed by atoms with Crippen molar-refractivity contribution in [1.29, 1.82) is 0 Å². The van der Waals surface area contributed by atoms with Crippen LogP contribution < -0.4 is 0 Å². The largest absolute Gasteiger partial charge is 0.478 e. The first kappa shape index (κ1) is 16.1. The third-order valence-electron chi connectivity index (χ3n) is 3.23. The fraction of sp³-hybridized carbons (Fsp3) is 0.353. The molecule has 116 valence electrons. The zero-order valence-corrected chi connectivity index (χ0v) is 12.8. The number of nitrogens with zero attached hydrogens (tertiary/aromatic N) is 2. The number of hydrogen-bond acceptors (Lipinski definition) is 4. The molecule has 1 N–H and O–H groups in total. The Bertz CT molecular complexity index is 627. The van der Waals surface area contributed by atoms with E-state index >= 15 is 0 Å². The molecule has 0 aliphatic carbocycles. The van der Waals surface area contributed by atoms with Gasteiger partial charge in [0.2, 0.25) is 0 Å². The van der Waals surface area contributed by atoms with Gasteiger partial charge in [0.1, 0.15) is 5.82 Å². The van der Waals surface area contributed by atoms with Gasteiger partial charge >= 0.3 is 5.97 Å². The van der Waals surface area contributed by atoms with E-state index in [9.17, 15) is 4.79 Å². The standard InChI is InChI=1S/C17H20N2O3/c1-12(2)16-14(17(20)21)10-18-15(19-16)8-9-22-11-13-6-4-3-5-7-13/h3-7,10,12H,8-9,11H2,1-2H3,(H,20,21). The number of carbonyl (C=O) groups is 1. The summed E-state index contributed by atoms with van der Waals surface area (Å²) in [6, 6.07) is 9.93. The number of ether oxygens (including phenoxy) is 1. The van der Waals surface area contributed by atoms with Crippen molar-refractivity contribution in [1.82, 2.24) is 9.97 Å². The number of aromatic carboxylic acids is 1. The van der Waals surface area contributed by atoms with Crippen LogP contribution in [-0.2, 0) is 17.8 Å². The van der Waals surface area contributed by atoms with Crippen molar-refractivity contribution in [2.45, 2.75) is 32.8 Å². The summed E-state index contributed by atoms with van der Waals surface area (Å²) in [5.74, 6) is -0.338. The van der Waals surface area contributed by atoms with Gasteiger partial charge in [-0.2, -0.15) is 0 Å². The number of benzene rings is 1. The zero-order chi connectivity index (χ0) is 15.9. The van der Waals surface area contributed by atoms with Crippen LogP contribution in [0.25, 0.3) is 0 Å². The molecule has 0 saturated heterocycles. The van der Waals surface area contributed by atoms with Crippen molar-refractivity contribution in [2.24, 2.45) is 0 Å². The highest BCUT2D eigenvalue weighted by molar-refractivity contribution is 5.88. The Balaban J connectivity index is 1.93. The summed E-state index contributed by atoms with van der Waals surface area (Å²) in [4.78, 5) is 19.6. The monoisotopic (exact) mass is 300 g/mol. The third kappa shape index (κ3) is 4.36. The van der Waals surface area contributed by atoms with Gasteiger partial charge in [0.25, 0.3) is 0 Å². The van der Waals surface area contributed by atoms with E-state index in [-0.39, 0.29) is 11.5 Å². The molecule has 0 unspecified atom stereocenters. The molecule has 0 spiro atoms. The minimum atomic E-state index is -0.990. The van der Waals surface area contributed by atoms with Gasteiger partial charge in [-0.05, 0) is 11.5 Å². The Morgan fingerprint density at radius 2 is 2.00 bits per heavy atom. The predicted molar refractivity (Wildman–Crippen MR) is 82.9 cm³/mol. The molecule has 2 rings (SSSR count). The number of carboxylic acids is 1. The van der Waals surface area contributed by atoms with E-state index in [4.69, 9.17) is 9.84 Å². The Morgan fingerprint density at radius 1 is 1.27 bits per heavy atom. The highest BCUT2D eigenvalue weighted by Gasteiger charge is 2.16. The molecule has 0 fully saturated rings. The Hall–Kier alpha value is -2.27. The van der Waals surface area contributed by atoms with Crippen molar-refractivity contribution in [3.05, 3.63) is 59.2 Å². The van der Waals surface area contributed by atoms with Crippen LogP contribution in [0, 0.1) is 0 Å². The molecule has 1 aromatic heterocycles. The van der Waals surface area contributed by atoms with Gasteiger partial charge in [-0.25, -0.2) is 14.8 Å². The van der Waals surface area contributed by atoms with Crippen molar-refractivity contribution in [3.8, 4) is 0 Å². The summed E-state index contributed by atoms with van der Waals surface area (Å²) < 4.78 is 5.61. The van der Waals surface area contributed by atoms with Gasteiger partial charge in [-0.3, -0.25) is 0 Å². The predicted octanol–water partition coefficient (Wildman–Crippen LogP) is 3.06. The molecular weight excluding hydrogens is 280 g/mol. The second-order valence-corrected chi connectivity index (χ2v) is 5.33. The lowest BCUT2D eigenvalue weighted by Crippen LogP contribution is -2.11. The van der Waals surface area contributed by atoms with E-state index in [0.717, 1.165) is 5.56 Å². The van der Waals surface area contributed by atoms with E-state index in [1.165, 1.54) is 6.20 Å². The molecule has 0 atom stereocenters. The molecule has 22 heavy (non-hydrogen) atoms. The smallest absolute Gasteiger partial charge is 0.339 e. The lowest BCUT2D eigenvalue weighted by Gasteiger charge is -2.10. The molecule has 0 aliphatic rings. The van der Waals surface area contributed by atoms with Crippen LogP contribution in [0.15, 0.2) is 36.5 Å². The van der Waals surface area contributed by atoms with Crippen LogP contribution in [0.4, 0.5) is 0 Å². The summed E-state index contributed by atoms with van der Waals surface area (Å²) in [7, 11) is 0. The van der Waals surface area contributed by atoms with Crippen molar-refractivity contribution >= 4 is 5.97 Å². The maximum atomic E-state index is 11.2. The summed E-state index contributed by atoms with van der Waals surface area (Å²) in [6.07, 6.45) is 1.95. The molecule has 0 amide bonds. The van der Waals surface area contributed by atoms with Gasteiger partial charge in [-0.15, -0.1) is 0 Å². The average molecular weight is 300 g/mol. The van der Waals surface area contributed by atoms with E-state index in [1.54, 1.807) is 0 Å². The van der Waals surface area contributed by atoms with E-state index in [1.807, 2.05) is 44.2 Å². The molecule has 5 nitrogen and oxygen atoms in total. The van der Waals surface area contributed by atoms with Gasteiger partial charge in [-0.1, -0.05) is 44.2 Å². The minimum Gasteiger partial charge on any atom is -0.478 e. The van der Waals surface area contributed by atoms with Crippen LogP contribution in [0.3, 0.4) is 0 Å². The molecule has 0 bridgehead atoms. The van der Waals surface area contributed by atoms with Gasteiger partial charge < -0.3 is 9.84 Å². The molecule has 1 aromatic carbocycles. The highest BCUT2D eigenvalue weighted by atomic mass is 16.5. The first-order valence-electron chi connectivity index (χ1n) is 7.28. The number of carboxylic acid groups (broad SMARTS) is 1. The molecule has 0 saturated carbocycles. The van der Waals surface area contributed by atoms with Crippen molar-refractivity contribution < 1.29 is 14.6 Å². The summed E-state index contributed by atoms with van der Waals surface area (Å²) in [6.45, 7) is 4.89. The van der Waals surface area contributed by atoms with Crippen LogP contribution in [0.1, 0.15) is 47.2 Å². The summed E-state index contributed by atoms with van der Waals surface area (Å²) in [5, 5.41) is 9.14. The third-order valence-corrected chi connectivity index (χ3v) is 3.23. The maximum absolute atomic E-state index is 11.2. The van der Waals surface area contributed by atoms with Gasteiger partial charge in [0.15, 0.2) is 0 Å². The minimum absolute atomic E-state index is 0.0399. The second-order valence-electron chi connectivity index (χ2n) is 5.33. The summed E-state index contributed by atoms with van der Waals surface area (Å²) >= 11 is 0. The van der Waals surface area contributed by atoms with Crippen LogP contribution in [0.5, 0.6) is 0 Å². The number of aromatic nitrogens is 2. The van der Waals surface area contributed by atoms with Crippen LogP contribution >= 0.6 is 0 Å². The van der Waals surface area contributed by atoms with Gasteiger partial charge in [0, 0.05) is 12.6 Å². The van der Waals surface area contributed by atoms with E-state index in [0.29, 0.717) is 31.2 Å². The van der Waals surface area contributed by atoms with Gasteiger partial charge in [0.05, 0.1) is 24.5 Å². The zero-order valence-electron chi connectivity index (χ0n) is 12.8. The quantitative estimate of drug-likeness (QED) is 0.796. The fourth-order valence-corrected chi connectivity index (χ4v) is 2.09. The first-order chi connectivity index (χ1) is 10.6. The Labute approximate surface area is 130 Å².